The van der Waals surface area contributed by atoms with Crippen molar-refractivity contribution in [1.82, 2.24) is 15.0 Å². The summed E-state index contributed by atoms with van der Waals surface area (Å²) in [7, 11) is 0. The number of furan rings is 1. The summed E-state index contributed by atoms with van der Waals surface area (Å²) in [6.07, 6.45) is 3.97. The summed E-state index contributed by atoms with van der Waals surface area (Å²) in [5, 5.41) is 3.96. The lowest BCUT2D eigenvalue weighted by atomic mass is 9.93. The van der Waals surface area contributed by atoms with E-state index in [2.05, 4.69) is 22.0 Å². The van der Waals surface area contributed by atoms with Gasteiger partial charge in [-0.2, -0.15) is 4.98 Å². The van der Waals surface area contributed by atoms with Crippen molar-refractivity contribution in [2.75, 3.05) is 13.1 Å². The molecule has 0 aromatic carbocycles. The van der Waals surface area contributed by atoms with Crippen LogP contribution in [0.25, 0.3) is 11.6 Å². The Labute approximate surface area is 117 Å². The highest BCUT2D eigenvalue weighted by molar-refractivity contribution is 5.44. The number of hydrogen-bond acceptors (Lipinski definition) is 6. The van der Waals surface area contributed by atoms with Crippen molar-refractivity contribution in [3.63, 3.8) is 0 Å². The third kappa shape index (κ3) is 2.76. The largest absolute Gasteiger partial charge is 0.461 e. The second-order valence-corrected chi connectivity index (χ2v) is 5.45. The van der Waals surface area contributed by atoms with E-state index >= 15 is 0 Å². The fourth-order valence-electron chi connectivity index (χ4n) is 2.67. The Morgan fingerprint density at radius 1 is 1.45 bits per heavy atom. The first-order chi connectivity index (χ1) is 9.76. The van der Waals surface area contributed by atoms with Gasteiger partial charge in [0.25, 0.3) is 0 Å². The maximum absolute atomic E-state index is 5.78. The molecule has 2 aromatic heterocycles. The van der Waals surface area contributed by atoms with Crippen molar-refractivity contribution in [3.8, 4) is 11.6 Å². The van der Waals surface area contributed by atoms with Gasteiger partial charge in [-0.1, -0.05) is 5.16 Å². The Morgan fingerprint density at radius 2 is 2.35 bits per heavy atom. The summed E-state index contributed by atoms with van der Waals surface area (Å²) < 4.78 is 10.6. The zero-order valence-corrected chi connectivity index (χ0v) is 11.7. The maximum atomic E-state index is 5.78. The molecular formula is C14H20N4O2. The van der Waals surface area contributed by atoms with Crippen LogP contribution in [0.2, 0.25) is 0 Å². The lowest BCUT2D eigenvalue weighted by Crippen LogP contribution is -2.43. The van der Waals surface area contributed by atoms with Crippen LogP contribution in [-0.2, 0) is 6.54 Å². The molecule has 2 N–H and O–H groups in total. The lowest BCUT2D eigenvalue weighted by Gasteiger charge is -2.36. The predicted molar refractivity (Wildman–Crippen MR) is 73.7 cm³/mol. The SMILES string of the molecule is CC1CCC(CN)CN1Cc1nc(-c2ccco2)no1. The number of likely N-dealkylation sites (tertiary alicyclic amines) is 1. The first-order valence-electron chi connectivity index (χ1n) is 7.07. The van der Waals surface area contributed by atoms with E-state index in [0.29, 0.717) is 36.0 Å². The first-order valence-corrected chi connectivity index (χ1v) is 7.07. The summed E-state index contributed by atoms with van der Waals surface area (Å²) in [6, 6.07) is 4.16. The average molecular weight is 276 g/mol. The highest BCUT2D eigenvalue weighted by atomic mass is 16.5. The number of nitrogens with zero attached hydrogens (tertiary/aromatic N) is 3. The molecule has 2 unspecified atom stereocenters. The van der Waals surface area contributed by atoms with Gasteiger partial charge in [0.15, 0.2) is 5.76 Å². The zero-order chi connectivity index (χ0) is 13.9. The highest BCUT2D eigenvalue weighted by Crippen LogP contribution is 2.23. The van der Waals surface area contributed by atoms with Crippen molar-refractivity contribution in [2.24, 2.45) is 11.7 Å². The molecule has 1 aliphatic heterocycles. The van der Waals surface area contributed by atoms with Crippen LogP contribution in [0.4, 0.5) is 0 Å². The number of piperidine rings is 1. The van der Waals surface area contributed by atoms with Gasteiger partial charge in [0, 0.05) is 12.6 Å². The fraction of sp³-hybridized carbons (Fsp3) is 0.571. The van der Waals surface area contributed by atoms with Crippen LogP contribution >= 0.6 is 0 Å². The summed E-state index contributed by atoms with van der Waals surface area (Å²) in [4.78, 5) is 6.75. The Balaban J connectivity index is 1.68. The fourth-order valence-corrected chi connectivity index (χ4v) is 2.67. The highest BCUT2D eigenvalue weighted by Gasteiger charge is 2.26. The van der Waals surface area contributed by atoms with Gasteiger partial charge in [0.1, 0.15) is 0 Å². The molecule has 0 amide bonds. The van der Waals surface area contributed by atoms with Crippen LogP contribution in [0.1, 0.15) is 25.7 Å². The molecule has 3 rings (SSSR count). The van der Waals surface area contributed by atoms with Crippen molar-refractivity contribution in [3.05, 3.63) is 24.3 Å². The molecular weight excluding hydrogens is 256 g/mol. The van der Waals surface area contributed by atoms with E-state index in [0.717, 1.165) is 13.1 Å². The second kappa shape index (κ2) is 5.76. The number of rotatable bonds is 4. The van der Waals surface area contributed by atoms with Gasteiger partial charge in [-0.05, 0) is 44.4 Å². The maximum Gasteiger partial charge on any atom is 0.241 e. The Kier molecular flexibility index (Phi) is 3.84. The van der Waals surface area contributed by atoms with Gasteiger partial charge in [-0.25, -0.2) is 0 Å². The molecule has 2 aromatic rings. The molecule has 6 nitrogen and oxygen atoms in total. The molecule has 0 spiro atoms. The summed E-state index contributed by atoms with van der Waals surface area (Å²) in [5.74, 6) is 2.33. The van der Waals surface area contributed by atoms with Crippen molar-refractivity contribution < 1.29 is 8.94 Å². The molecule has 1 fully saturated rings. The molecule has 2 atom stereocenters. The Bertz CT molecular complexity index is 537. The number of aromatic nitrogens is 2. The Hall–Kier alpha value is -1.66. The summed E-state index contributed by atoms with van der Waals surface area (Å²) in [6.45, 7) is 4.64. The van der Waals surface area contributed by atoms with Gasteiger partial charge in [0.05, 0.1) is 12.8 Å². The van der Waals surface area contributed by atoms with E-state index in [4.69, 9.17) is 14.7 Å². The molecule has 20 heavy (non-hydrogen) atoms. The van der Waals surface area contributed by atoms with Crippen LogP contribution in [0, 0.1) is 5.92 Å². The van der Waals surface area contributed by atoms with Crippen LogP contribution in [0.5, 0.6) is 0 Å². The molecule has 0 aliphatic carbocycles. The van der Waals surface area contributed by atoms with Gasteiger partial charge < -0.3 is 14.7 Å². The first kappa shape index (κ1) is 13.3. The van der Waals surface area contributed by atoms with Crippen LogP contribution < -0.4 is 5.73 Å². The number of nitrogens with two attached hydrogens (primary N) is 1. The monoisotopic (exact) mass is 276 g/mol. The summed E-state index contributed by atoms with van der Waals surface area (Å²) in [5.41, 5.74) is 5.78. The minimum Gasteiger partial charge on any atom is -0.461 e. The standard InChI is InChI=1S/C14H20N4O2/c1-10-4-5-11(7-15)8-18(10)9-13-16-14(17-20-13)12-3-2-6-19-12/h2-3,6,10-11H,4-5,7-9,15H2,1H3. The molecule has 0 radical (unpaired) electrons. The summed E-state index contributed by atoms with van der Waals surface area (Å²) >= 11 is 0. The van der Waals surface area contributed by atoms with E-state index in [1.165, 1.54) is 12.8 Å². The number of hydrogen-bond donors (Lipinski definition) is 1. The van der Waals surface area contributed by atoms with Gasteiger partial charge >= 0.3 is 0 Å². The van der Waals surface area contributed by atoms with Crippen LogP contribution in [-0.4, -0.2) is 34.2 Å². The van der Waals surface area contributed by atoms with Crippen molar-refractivity contribution in [2.45, 2.75) is 32.4 Å². The molecule has 108 valence electrons. The van der Waals surface area contributed by atoms with E-state index in [9.17, 15) is 0 Å². The quantitative estimate of drug-likeness (QED) is 0.918. The minimum atomic E-state index is 0.505. The molecule has 1 saturated heterocycles. The Morgan fingerprint density at radius 3 is 3.10 bits per heavy atom. The third-order valence-electron chi connectivity index (χ3n) is 3.99. The lowest BCUT2D eigenvalue weighted by molar-refractivity contribution is 0.100. The molecule has 3 heterocycles. The van der Waals surface area contributed by atoms with E-state index in [-0.39, 0.29) is 0 Å². The molecule has 0 saturated carbocycles. The zero-order valence-electron chi connectivity index (χ0n) is 11.7. The van der Waals surface area contributed by atoms with Gasteiger partial charge in [-0.15, -0.1) is 0 Å². The molecule has 0 bridgehead atoms. The van der Waals surface area contributed by atoms with Crippen LogP contribution in [0.15, 0.2) is 27.3 Å². The van der Waals surface area contributed by atoms with Crippen LogP contribution in [0.3, 0.4) is 0 Å². The van der Waals surface area contributed by atoms with Crippen molar-refractivity contribution in [1.29, 1.82) is 0 Å². The smallest absolute Gasteiger partial charge is 0.241 e. The topological polar surface area (TPSA) is 81.3 Å². The average Bonchev–Trinajstić information content (AvgIpc) is 3.12. The molecule has 1 aliphatic rings. The molecule has 6 heteroatoms. The van der Waals surface area contributed by atoms with E-state index < -0.39 is 0 Å². The minimum absolute atomic E-state index is 0.505. The van der Waals surface area contributed by atoms with E-state index in [1.807, 2.05) is 12.1 Å². The third-order valence-corrected chi connectivity index (χ3v) is 3.99. The normalized spacial score (nSPS) is 24.1. The van der Waals surface area contributed by atoms with E-state index in [1.54, 1.807) is 6.26 Å². The van der Waals surface area contributed by atoms with Gasteiger partial charge in [-0.3, -0.25) is 4.90 Å². The van der Waals surface area contributed by atoms with Gasteiger partial charge in [0.2, 0.25) is 11.7 Å². The second-order valence-electron chi connectivity index (χ2n) is 5.45. The van der Waals surface area contributed by atoms with Crippen molar-refractivity contribution >= 4 is 0 Å². The predicted octanol–water partition coefficient (Wildman–Crippen LogP) is 1.89.